The molecule has 0 saturated heterocycles. The summed E-state index contributed by atoms with van der Waals surface area (Å²) < 4.78 is 34.5. The molecule has 0 saturated carbocycles. The van der Waals surface area contributed by atoms with Crippen LogP contribution in [0, 0.1) is 0 Å². The summed E-state index contributed by atoms with van der Waals surface area (Å²) in [5.41, 5.74) is 2.33. The molecule has 0 fully saturated rings. The second-order valence-corrected chi connectivity index (χ2v) is 7.75. The van der Waals surface area contributed by atoms with Crippen molar-refractivity contribution in [3.8, 4) is 0 Å². The Hall–Kier alpha value is -2.74. The van der Waals surface area contributed by atoms with Gasteiger partial charge in [0.25, 0.3) is 10.0 Å². The Kier molecular flexibility index (Phi) is 5.27. The van der Waals surface area contributed by atoms with Gasteiger partial charge in [-0.25, -0.2) is 13.2 Å². The number of benzene rings is 2. The number of nitrogens with one attached hydrogen (secondary N) is 1. The second-order valence-electron chi connectivity index (χ2n) is 6.07. The number of aromatic nitrogens is 1. The fraction of sp³-hybridized carbons (Fsp3) is 0.316. The highest BCUT2D eigenvalue weighted by Crippen LogP contribution is 2.23. The van der Waals surface area contributed by atoms with E-state index in [1.807, 2.05) is 19.1 Å². The summed E-state index contributed by atoms with van der Waals surface area (Å²) in [5.74, 6) is -0.498. The first-order valence-corrected chi connectivity index (χ1v) is 10.4. The van der Waals surface area contributed by atoms with Crippen LogP contribution in [0.3, 0.4) is 0 Å². The molecule has 0 aliphatic carbocycles. The zero-order valence-electron chi connectivity index (χ0n) is 15.6. The Morgan fingerprint density at radius 3 is 2.30 bits per heavy atom. The Balaban J connectivity index is 1.88. The lowest BCUT2D eigenvalue weighted by Crippen LogP contribution is -2.21. The summed E-state index contributed by atoms with van der Waals surface area (Å²) in [6.07, 6.45) is 0. The summed E-state index contributed by atoms with van der Waals surface area (Å²) in [6, 6.07) is 11.7. The molecule has 2 aromatic carbocycles. The van der Waals surface area contributed by atoms with Crippen molar-refractivity contribution >= 4 is 32.5 Å². The van der Waals surface area contributed by atoms with Crippen molar-refractivity contribution in [3.05, 3.63) is 53.0 Å². The molecule has 3 rings (SSSR count). The van der Waals surface area contributed by atoms with Gasteiger partial charge in [-0.2, -0.15) is 0 Å². The van der Waals surface area contributed by atoms with Gasteiger partial charge in [0.05, 0.1) is 10.4 Å². The summed E-state index contributed by atoms with van der Waals surface area (Å²) >= 11 is 0. The van der Waals surface area contributed by atoms with E-state index in [9.17, 15) is 13.2 Å². The Morgan fingerprint density at radius 1 is 1.04 bits per heavy atom. The number of rotatable bonds is 7. The van der Waals surface area contributed by atoms with Gasteiger partial charge in [0.15, 0.2) is 5.58 Å². The van der Waals surface area contributed by atoms with E-state index in [0.29, 0.717) is 17.7 Å². The first-order chi connectivity index (χ1) is 12.9. The molecule has 1 aromatic heterocycles. The maximum absolute atomic E-state index is 12.7. The zero-order chi connectivity index (χ0) is 19.6. The highest BCUT2D eigenvalue weighted by Gasteiger charge is 2.17. The predicted octanol–water partition coefficient (Wildman–Crippen LogP) is 3.26. The van der Waals surface area contributed by atoms with Crippen molar-refractivity contribution in [2.75, 3.05) is 22.7 Å². The minimum Gasteiger partial charge on any atom is -0.408 e. The van der Waals surface area contributed by atoms with Crippen LogP contribution in [-0.4, -0.2) is 26.1 Å². The quantitative estimate of drug-likeness (QED) is 0.670. The van der Waals surface area contributed by atoms with Gasteiger partial charge in [-0.3, -0.25) is 9.29 Å². The smallest absolute Gasteiger partial charge is 0.408 e. The van der Waals surface area contributed by atoms with Gasteiger partial charge >= 0.3 is 5.76 Å². The highest BCUT2D eigenvalue weighted by atomic mass is 32.2. The lowest BCUT2D eigenvalue weighted by molar-refractivity contribution is 0.512. The molecule has 27 heavy (non-hydrogen) atoms. The van der Waals surface area contributed by atoms with Gasteiger partial charge in [0.2, 0.25) is 0 Å². The summed E-state index contributed by atoms with van der Waals surface area (Å²) in [5, 5.41) is 0. The topological polar surface area (TPSA) is 84.6 Å². The molecule has 0 radical (unpaired) electrons. The minimum absolute atomic E-state index is 0.0415. The largest absolute Gasteiger partial charge is 0.419 e. The first kappa shape index (κ1) is 19.0. The average Bonchev–Trinajstić information content (AvgIpc) is 2.98. The molecule has 0 aliphatic rings. The van der Waals surface area contributed by atoms with Crippen LogP contribution >= 0.6 is 0 Å². The Morgan fingerprint density at radius 2 is 1.70 bits per heavy atom. The summed E-state index contributed by atoms with van der Waals surface area (Å²) in [4.78, 5) is 14.0. The molecule has 0 atom stereocenters. The van der Waals surface area contributed by atoms with Crippen LogP contribution in [0.15, 0.2) is 56.6 Å². The molecule has 0 unspecified atom stereocenters. The zero-order valence-corrected chi connectivity index (χ0v) is 16.4. The third-order valence-electron chi connectivity index (χ3n) is 4.51. The van der Waals surface area contributed by atoms with Gasteiger partial charge in [0.1, 0.15) is 0 Å². The molecular weight excluding hydrogens is 366 g/mol. The molecule has 1 N–H and O–H groups in total. The Bertz CT molecular complexity index is 1090. The first-order valence-electron chi connectivity index (χ1n) is 8.90. The van der Waals surface area contributed by atoms with E-state index in [2.05, 4.69) is 23.5 Å². The van der Waals surface area contributed by atoms with Crippen LogP contribution in [-0.2, 0) is 16.6 Å². The van der Waals surface area contributed by atoms with Crippen molar-refractivity contribution in [2.24, 2.45) is 0 Å². The number of hydrogen-bond acceptors (Lipinski definition) is 5. The van der Waals surface area contributed by atoms with E-state index < -0.39 is 15.8 Å². The van der Waals surface area contributed by atoms with Crippen molar-refractivity contribution in [3.63, 3.8) is 0 Å². The monoisotopic (exact) mass is 389 g/mol. The fourth-order valence-electron chi connectivity index (χ4n) is 3.06. The maximum Gasteiger partial charge on any atom is 0.419 e. The van der Waals surface area contributed by atoms with Crippen molar-refractivity contribution in [1.29, 1.82) is 0 Å². The number of sulfonamides is 1. The highest BCUT2D eigenvalue weighted by molar-refractivity contribution is 7.92. The number of oxazole rings is 1. The molecule has 8 heteroatoms. The van der Waals surface area contributed by atoms with Crippen LogP contribution < -0.4 is 15.4 Å². The van der Waals surface area contributed by atoms with Crippen molar-refractivity contribution < 1.29 is 12.8 Å². The van der Waals surface area contributed by atoms with Crippen LogP contribution in [0.1, 0.15) is 20.8 Å². The van der Waals surface area contributed by atoms with Crippen molar-refractivity contribution in [1.82, 2.24) is 4.57 Å². The van der Waals surface area contributed by atoms with Gasteiger partial charge in [-0.05, 0) is 57.2 Å². The fourth-order valence-corrected chi connectivity index (χ4v) is 4.13. The molecule has 0 spiro atoms. The lowest BCUT2D eigenvalue weighted by Gasteiger charge is -2.21. The van der Waals surface area contributed by atoms with Gasteiger partial charge in [-0.1, -0.05) is 0 Å². The van der Waals surface area contributed by atoms with Gasteiger partial charge in [-0.15, -0.1) is 0 Å². The molecule has 144 valence electrons. The predicted molar refractivity (Wildman–Crippen MR) is 107 cm³/mol. The Labute approximate surface area is 158 Å². The second kappa shape index (κ2) is 7.48. The van der Waals surface area contributed by atoms with E-state index in [-0.39, 0.29) is 10.5 Å². The van der Waals surface area contributed by atoms with E-state index in [1.54, 1.807) is 18.2 Å². The van der Waals surface area contributed by atoms with E-state index in [0.717, 1.165) is 18.8 Å². The molecule has 0 amide bonds. The minimum atomic E-state index is -3.79. The molecule has 3 aromatic rings. The third kappa shape index (κ3) is 3.71. The number of anilines is 2. The van der Waals surface area contributed by atoms with Crippen LogP contribution in [0.25, 0.3) is 11.1 Å². The average molecular weight is 389 g/mol. The summed E-state index contributed by atoms with van der Waals surface area (Å²) in [7, 11) is -3.79. The SMILES string of the molecule is CCN(CC)c1ccc(NS(=O)(=O)c2ccc3c(c2)oc(=O)n3CC)cc1. The van der Waals surface area contributed by atoms with E-state index in [1.165, 1.54) is 16.7 Å². The van der Waals surface area contributed by atoms with E-state index in [4.69, 9.17) is 4.42 Å². The normalized spacial score (nSPS) is 11.7. The molecule has 7 nitrogen and oxygen atoms in total. The van der Waals surface area contributed by atoms with Crippen LogP contribution in [0.4, 0.5) is 11.4 Å². The molecular formula is C19H23N3O4S. The molecule has 1 heterocycles. The number of aryl methyl sites for hydroxylation is 1. The van der Waals surface area contributed by atoms with Gasteiger partial charge in [0, 0.05) is 37.1 Å². The van der Waals surface area contributed by atoms with Crippen LogP contribution in [0.2, 0.25) is 0 Å². The van der Waals surface area contributed by atoms with E-state index >= 15 is 0 Å². The summed E-state index contributed by atoms with van der Waals surface area (Å²) in [6.45, 7) is 8.18. The number of nitrogens with zero attached hydrogens (tertiary/aromatic N) is 2. The van der Waals surface area contributed by atoms with Gasteiger partial charge < -0.3 is 9.32 Å². The number of hydrogen-bond donors (Lipinski definition) is 1. The third-order valence-corrected chi connectivity index (χ3v) is 5.89. The molecule has 0 bridgehead atoms. The van der Waals surface area contributed by atoms with Crippen LogP contribution in [0.5, 0.6) is 0 Å². The lowest BCUT2D eigenvalue weighted by atomic mass is 10.2. The molecule has 0 aliphatic heterocycles. The number of fused-ring (bicyclic) bond motifs is 1. The van der Waals surface area contributed by atoms with Crippen molar-refractivity contribution in [2.45, 2.75) is 32.2 Å². The maximum atomic E-state index is 12.7. The standard InChI is InChI=1S/C19H23N3O4S/c1-4-21(5-2)15-9-7-14(8-10-15)20-27(24,25)16-11-12-17-18(13-16)26-19(23)22(17)6-3/h7-13,20H,4-6H2,1-3H3.